The molecule has 7 heteroatoms. The molecule has 1 aliphatic heterocycles. The maximum atomic E-state index is 9.82. The quantitative estimate of drug-likeness (QED) is 0.595. The highest BCUT2D eigenvalue weighted by atomic mass is 16.3. The van der Waals surface area contributed by atoms with Crippen LogP contribution < -0.4 is 4.90 Å². The van der Waals surface area contributed by atoms with Gasteiger partial charge in [0.15, 0.2) is 11.5 Å². The summed E-state index contributed by atoms with van der Waals surface area (Å²) in [6.07, 6.45) is 9.76. The lowest BCUT2D eigenvalue weighted by Crippen LogP contribution is -2.23. The van der Waals surface area contributed by atoms with E-state index in [1.165, 1.54) is 0 Å². The number of aromatic amines is 1. The van der Waals surface area contributed by atoms with Gasteiger partial charge in [-0.1, -0.05) is 24.3 Å². The van der Waals surface area contributed by atoms with Crippen molar-refractivity contribution in [3.05, 3.63) is 55.2 Å². The second-order valence-electron chi connectivity index (χ2n) is 6.54. The summed E-state index contributed by atoms with van der Waals surface area (Å²) >= 11 is 0. The van der Waals surface area contributed by atoms with E-state index in [4.69, 9.17) is 0 Å². The molecule has 1 aromatic carbocycles. The molecule has 3 aromatic heterocycles. The number of rotatable bonds is 3. The Morgan fingerprint density at radius 1 is 1.04 bits per heavy atom. The normalized spacial score (nSPS) is 17.3. The van der Waals surface area contributed by atoms with Gasteiger partial charge in [0.2, 0.25) is 0 Å². The highest BCUT2D eigenvalue weighted by Crippen LogP contribution is 2.28. The van der Waals surface area contributed by atoms with Crippen molar-refractivity contribution in [1.82, 2.24) is 24.6 Å². The Morgan fingerprint density at radius 3 is 2.62 bits per heavy atom. The molecule has 7 nitrogen and oxygen atoms in total. The first-order valence-electron chi connectivity index (χ1n) is 8.64. The lowest BCUT2D eigenvalue weighted by Gasteiger charge is -2.17. The SMILES string of the molecule is OC1CCN(c2nccn3c(-c4ccc(-c5cn[nH]c5)cc4)cnc23)C1. The molecular weight excluding hydrogens is 328 g/mol. The first-order chi connectivity index (χ1) is 12.8. The van der Waals surface area contributed by atoms with Gasteiger partial charge >= 0.3 is 0 Å². The zero-order valence-electron chi connectivity index (χ0n) is 14.1. The fourth-order valence-electron chi connectivity index (χ4n) is 3.52. The highest BCUT2D eigenvalue weighted by molar-refractivity contribution is 5.73. The van der Waals surface area contributed by atoms with Gasteiger partial charge in [0.25, 0.3) is 0 Å². The number of nitrogens with zero attached hydrogens (tertiary/aromatic N) is 5. The summed E-state index contributed by atoms with van der Waals surface area (Å²) in [5, 5.41) is 16.7. The van der Waals surface area contributed by atoms with E-state index < -0.39 is 0 Å². The number of anilines is 1. The fraction of sp³-hybridized carbons (Fsp3) is 0.211. The summed E-state index contributed by atoms with van der Waals surface area (Å²) in [6, 6.07) is 8.34. The third-order valence-corrected chi connectivity index (χ3v) is 4.88. The highest BCUT2D eigenvalue weighted by Gasteiger charge is 2.24. The summed E-state index contributed by atoms with van der Waals surface area (Å²) in [6.45, 7) is 1.41. The van der Waals surface area contributed by atoms with Crippen LogP contribution in [0, 0.1) is 0 Å². The monoisotopic (exact) mass is 346 g/mol. The summed E-state index contributed by atoms with van der Waals surface area (Å²) in [5.74, 6) is 0.824. The van der Waals surface area contributed by atoms with Crippen LogP contribution in [0.4, 0.5) is 5.82 Å². The Kier molecular flexibility index (Phi) is 3.46. The molecule has 1 saturated heterocycles. The molecule has 0 saturated carbocycles. The van der Waals surface area contributed by atoms with Crippen LogP contribution in [-0.4, -0.2) is 48.9 Å². The molecule has 0 radical (unpaired) electrons. The molecule has 0 aliphatic carbocycles. The number of hydrogen-bond donors (Lipinski definition) is 2. The molecule has 4 aromatic rings. The summed E-state index contributed by atoms with van der Waals surface area (Å²) < 4.78 is 2.06. The molecule has 0 spiro atoms. The number of aliphatic hydroxyl groups excluding tert-OH is 1. The maximum absolute atomic E-state index is 9.82. The van der Waals surface area contributed by atoms with Crippen molar-refractivity contribution in [2.24, 2.45) is 0 Å². The molecule has 4 heterocycles. The smallest absolute Gasteiger partial charge is 0.180 e. The van der Waals surface area contributed by atoms with Gasteiger partial charge in [0.05, 0.1) is 24.2 Å². The predicted molar refractivity (Wildman–Crippen MR) is 98.8 cm³/mol. The van der Waals surface area contributed by atoms with Crippen LogP contribution in [0.15, 0.2) is 55.2 Å². The molecule has 1 atom stereocenters. The van der Waals surface area contributed by atoms with Gasteiger partial charge in [-0.2, -0.15) is 5.10 Å². The molecule has 1 aliphatic rings. The van der Waals surface area contributed by atoms with Crippen LogP contribution in [0.5, 0.6) is 0 Å². The number of nitrogens with one attached hydrogen (secondary N) is 1. The van der Waals surface area contributed by atoms with Crippen LogP contribution in [0.3, 0.4) is 0 Å². The van der Waals surface area contributed by atoms with Gasteiger partial charge in [-0.15, -0.1) is 0 Å². The molecular formula is C19H18N6O. The van der Waals surface area contributed by atoms with Gasteiger partial charge in [0.1, 0.15) is 0 Å². The van der Waals surface area contributed by atoms with Gasteiger partial charge in [-0.3, -0.25) is 9.50 Å². The Balaban J connectivity index is 1.54. The number of β-amino-alcohol motifs (C(OH)–C–C–N with tert-alkyl or cyclic N) is 1. The van der Waals surface area contributed by atoms with Crippen LogP contribution in [0.2, 0.25) is 0 Å². The van der Waals surface area contributed by atoms with E-state index in [2.05, 4.69) is 53.7 Å². The van der Waals surface area contributed by atoms with E-state index in [1.807, 2.05) is 24.8 Å². The van der Waals surface area contributed by atoms with Crippen LogP contribution in [0.25, 0.3) is 28.0 Å². The van der Waals surface area contributed by atoms with E-state index in [0.717, 1.165) is 46.8 Å². The number of fused-ring (bicyclic) bond motifs is 1. The van der Waals surface area contributed by atoms with Crippen molar-refractivity contribution in [2.45, 2.75) is 12.5 Å². The predicted octanol–water partition coefficient (Wildman–Crippen LogP) is 2.36. The Hall–Kier alpha value is -3.19. The first kappa shape index (κ1) is 15.1. The molecule has 0 amide bonds. The Bertz CT molecular complexity index is 1040. The number of imidazole rings is 1. The van der Waals surface area contributed by atoms with Gasteiger partial charge < -0.3 is 10.0 Å². The molecule has 26 heavy (non-hydrogen) atoms. The number of benzene rings is 1. The average Bonchev–Trinajstić information content (AvgIpc) is 3.42. The number of hydrogen-bond acceptors (Lipinski definition) is 5. The third kappa shape index (κ3) is 2.44. The maximum Gasteiger partial charge on any atom is 0.180 e. The first-order valence-corrected chi connectivity index (χ1v) is 8.64. The minimum atomic E-state index is -0.290. The standard InChI is InChI=1S/C19H18N6O/c26-16-5-7-24(12-16)18-19-21-11-17(25(19)8-6-20-18)14-3-1-13(2-4-14)15-9-22-23-10-15/h1-4,6,8-11,16,26H,5,7,12H2,(H,22,23). The van der Waals surface area contributed by atoms with Crippen molar-refractivity contribution in [3.8, 4) is 22.4 Å². The molecule has 1 unspecified atom stereocenters. The Labute approximate surface area is 150 Å². The van der Waals surface area contributed by atoms with E-state index in [0.29, 0.717) is 6.54 Å². The molecule has 0 bridgehead atoms. The van der Waals surface area contributed by atoms with Crippen molar-refractivity contribution < 1.29 is 5.11 Å². The lowest BCUT2D eigenvalue weighted by atomic mass is 10.1. The molecule has 5 rings (SSSR count). The van der Waals surface area contributed by atoms with Crippen molar-refractivity contribution in [1.29, 1.82) is 0 Å². The second kappa shape index (κ2) is 5.96. The minimum absolute atomic E-state index is 0.290. The zero-order valence-corrected chi connectivity index (χ0v) is 14.1. The van der Waals surface area contributed by atoms with Crippen molar-refractivity contribution in [2.75, 3.05) is 18.0 Å². The van der Waals surface area contributed by atoms with Crippen LogP contribution in [-0.2, 0) is 0 Å². The molecule has 2 N–H and O–H groups in total. The topological polar surface area (TPSA) is 82.3 Å². The number of H-pyrrole nitrogens is 1. The van der Waals surface area contributed by atoms with E-state index >= 15 is 0 Å². The summed E-state index contributed by atoms with van der Waals surface area (Å²) in [5.41, 5.74) is 5.10. The van der Waals surface area contributed by atoms with E-state index in [9.17, 15) is 5.11 Å². The summed E-state index contributed by atoms with van der Waals surface area (Å²) in [7, 11) is 0. The number of aromatic nitrogens is 5. The lowest BCUT2D eigenvalue weighted by molar-refractivity contribution is 0.198. The summed E-state index contributed by atoms with van der Waals surface area (Å²) in [4.78, 5) is 11.2. The molecule has 1 fully saturated rings. The van der Waals surface area contributed by atoms with Gasteiger partial charge in [0, 0.05) is 42.8 Å². The minimum Gasteiger partial charge on any atom is -0.391 e. The van der Waals surface area contributed by atoms with E-state index in [-0.39, 0.29) is 6.10 Å². The van der Waals surface area contributed by atoms with Crippen LogP contribution in [0.1, 0.15) is 6.42 Å². The zero-order chi connectivity index (χ0) is 17.5. The molecule has 130 valence electrons. The van der Waals surface area contributed by atoms with Gasteiger partial charge in [-0.25, -0.2) is 9.97 Å². The van der Waals surface area contributed by atoms with Crippen LogP contribution >= 0.6 is 0 Å². The van der Waals surface area contributed by atoms with Crippen molar-refractivity contribution in [3.63, 3.8) is 0 Å². The van der Waals surface area contributed by atoms with Gasteiger partial charge in [-0.05, 0) is 12.0 Å². The third-order valence-electron chi connectivity index (χ3n) is 4.88. The number of aliphatic hydroxyl groups is 1. The fourth-order valence-corrected chi connectivity index (χ4v) is 3.52. The Morgan fingerprint density at radius 2 is 1.88 bits per heavy atom. The average molecular weight is 346 g/mol. The largest absolute Gasteiger partial charge is 0.391 e. The van der Waals surface area contributed by atoms with Crippen molar-refractivity contribution >= 4 is 11.5 Å². The second-order valence-corrected chi connectivity index (χ2v) is 6.54. The van der Waals surface area contributed by atoms with E-state index in [1.54, 1.807) is 6.20 Å².